The van der Waals surface area contributed by atoms with E-state index in [-0.39, 0.29) is 17.0 Å². The standard InChI is InChI=1S/C12H14Br2ClNO4S/c1-20-12(17)9-6-8(13)7-10(14)11(9)16-21(18,19)5-3-2-4-15/h6-7,16H,2-5H2,1H3. The molecule has 1 N–H and O–H groups in total. The Hall–Kier alpha value is -0.310. The van der Waals surface area contributed by atoms with Crippen LogP contribution in [-0.2, 0) is 14.8 Å². The number of halogens is 3. The average molecular weight is 464 g/mol. The monoisotopic (exact) mass is 461 g/mol. The number of carbonyl (C=O) groups is 1. The van der Waals surface area contributed by atoms with Crippen molar-refractivity contribution in [3.63, 3.8) is 0 Å². The molecule has 0 spiro atoms. The van der Waals surface area contributed by atoms with Gasteiger partial charge in [-0.25, -0.2) is 13.2 Å². The minimum atomic E-state index is -3.57. The SMILES string of the molecule is COC(=O)c1cc(Br)cc(Br)c1NS(=O)(=O)CCCCCl. The topological polar surface area (TPSA) is 72.5 Å². The molecule has 0 aromatic heterocycles. The molecular weight excluding hydrogens is 449 g/mol. The third kappa shape index (κ3) is 5.77. The van der Waals surface area contributed by atoms with Gasteiger partial charge in [-0.3, -0.25) is 4.72 Å². The van der Waals surface area contributed by atoms with Crippen molar-refractivity contribution in [1.82, 2.24) is 0 Å². The second-order valence-electron chi connectivity index (χ2n) is 4.12. The number of rotatable bonds is 7. The summed E-state index contributed by atoms with van der Waals surface area (Å²) in [5.41, 5.74) is 0.288. The Balaban J connectivity index is 3.09. The molecule has 1 aromatic carbocycles. The molecule has 0 radical (unpaired) electrons. The van der Waals surface area contributed by atoms with Gasteiger partial charge in [-0.05, 0) is 40.9 Å². The van der Waals surface area contributed by atoms with E-state index < -0.39 is 16.0 Å². The largest absolute Gasteiger partial charge is 0.465 e. The third-order valence-corrected chi connectivity index (χ3v) is 5.21. The van der Waals surface area contributed by atoms with E-state index in [4.69, 9.17) is 11.6 Å². The molecule has 0 unspecified atom stereocenters. The number of esters is 1. The van der Waals surface area contributed by atoms with Gasteiger partial charge < -0.3 is 4.74 Å². The Morgan fingerprint density at radius 3 is 2.57 bits per heavy atom. The molecule has 0 bridgehead atoms. The van der Waals surface area contributed by atoms with Gasteiger partial charge in [0.1, 0.15) is 0 Å². The molecular formula is C12H14Br2ClNO4S. The summed E-state index contributed by atoms with van der Waals surface area (Å²) in [4.78, 5) is 11.8. The van der Waals surface area contributed by atoms with Crippen molar-refractivity contribution < 1.29 is 17.9 Å². The quantitative estimate of drug-likeness (QED) is 0.380. The molecule has 1 aromatic rings. The minimum absolute atomic E-state index is 0.0666. The maximum absolute atomic E-state index is 12.0. The van der Waals surface area contributed by atoms with Gasteiger partial charge in [0.05, 0.1) is 24.1 Å². The van der Waals surface area contributed by atoms with Crippen LogP contribution in [0.1, 0.15) is 23.2 Å². The smallest absolute Gasteiger partial charge is 0.340 e. The molecule has 0 amide bonds. The first-order valence-electron chi connectivity index (χ1n) is 5.94. The zero-order chi connectivity index (χ0) is 16.0. The van der Waals surface area contributed by atoms with Gasteiger partial charge in [-0.15, -0.1) is 11.6 Å². The highest BCUT2D eigenvalue weighted by Gasteiger charge is 2.20. The first-order valence-corrected chi connectivity index (χ1v) is 9.72. The number of hydrogen-bond acceptors (Lipinski definition) is 4. The van der Waals surface area contributed by atoms with Crippen LogP contribution in [0.4, 0.5) is 5.69 Å². The number of ether oxygens (including phenoxy) is 1. The second-order valence-corrected chi connectivity index (χ2v) is 8.11. The summed E-state index contributed by atoms with van der Waals surface area (Å²) >= 11 is 12.0. The van der Waals surface area contributed by atoms with Crippen LogP contribution in [0, 0.1) is 0 Å². The molecule has 0 atom stereocenters. The lowest BCUT2D eigenvalue weighted by Gasteiger charge is -2.14. The fourth-order valence-corrected chi connectivity index (χ4v) is 4.40. The number of anilines is 1. The van der Waals surface area contributed by atoms with E-state index in [2.05, 4.69) is 41.3 Å². The summed E-state index contributed by atoms with van der Waals surface area (Å²) in [6.45, 7) is 0. The second kappa shape index (κ2) is 8.36. The highest BCUT2D eigenvalue weighted by Crippen LogP contribution is 2.32. The number of sulfonamides is 1. The number of alkyl halides is 1. The van der Waals surface area contributed by atoms with Gasteiger partial charge in [-0.2, -0.15) is 0 Å². The summed E-state index contributed by atoms with van der Waals surface area (Å²) in [5, 5.41) is 0. The van der Waals surface area contributed by atoms with Crippen LogP contribution in [0.15, 0.2) is 21.1 Å². The summed E-state index contributed by atoms with van der Waals surface area (Å²) in [6, 6.07) is 3.14. The molecule has 21 heavy (non-hydrogen) atoms. The Morgan fingerprint density at radius 1 is 1.33 bits per heavy atom. The van der Waals surface area contributed by atoms with Crippen molar-refractivity contribution >= 4 is 65.1 Å². The summed E-state index contributed by atoms with van der Waals surface area (Å²) < 4.78 is 32.2. The van der Waals surface area contributed by atoms with E-state index in [0.29, 0.717) is 27.7 Å². The molecule has 0 aliphatic rings. The van der Waals surface area contributed by atoms with Gasteiger partial charge >= 0.3 is 5.97 Å². The lowest BCUT2D eigenvalue weighted by molar-refractivity contribution is 0.0602. The van der Waals surface area contributed by atoms with Crippen LogP contribution in [0.25, 0.3) is 0 Å². The fraction of sp³-hybridized carbons (Fsp3) is 0.417. The van der Waals surface area contributed by atoms with Gasteiger partial charge in [-0.1, -0.05) is 15.9 Å². The van der Waals surface area contributed by atoms with Gasteiger partial charge in [0.25, 0.3) is 0 Å². The van der Waals surface area contributed by atoms with Crippen LogP contribution in [-0.4, -0.2) is 33.1 Å². The molecule has 0 aliphatic carbocycles. The summed E-state index contributed by atoms with van der Waals surface area (Å²) in [6.07, 6.45) is 1.05. The maximum atomic E-state index is 12.0. The molecule has 118 valence electrons. The van der Waals surface area contributed by atoms with Gasteiger partial charge in [0, 0.05) is 14.8 Å². The Kier molecular flexibility index (Phi) is 7.46. The van der Waals surface area contributed by atoms with E-state index in [0.717, 1.165) is 0 Å². The zero-order valence-corrected chi connectivity index (χ0v) is 15.9. The first-order chi connectivity index (χ1) is 9.80. The van der Waals surface area contributed by atoms with Crippen LogP contribution < -0.4 is 4.72 Å². The molecule has 5 nitrogen and oxygen atoms in total. The fourth-order valence-electron chi connectivity index (χ4n) is 1.54. The molecule has 0 fully saturated rings. The number of unbranched alkanes of at least 4 members (excludes halogenated alkanes) is 1. The predicted octanol–water partition coefficient (Wildman–Crippen LogP) is 3.76. The predicted molar refractivity (Wildman–Crippen MR) is 90.5 cm³/mol. The van der Waals surface area contributed by atoms with Crippen LogP contribution in [0.5, 0.6) is 0 Å². The summed E-state index contributed by atoms with van der Waals surface area (Å²) in [5.74, 6) is -0.288. The van der Waals surface area contributed by atoms with Crippen LogP contribution in [0.3, 0.4) is 0 Å². The van der Waals surface area contributed by atoms with Crippen molar-refractivity contribution in [1.29, 1.82) is 0 Å². The Bertz CT molecular complexity index is 622. The number of hydrogen-bond donors (Lipinski definition) is 1. The molecule has 0 aliphatic heterocycles. The van der Waals surface area contributed by atoms with E-state index in [1.165, 1.54) is 13.2 Å². The zero-order valence-electron chi connectivity index (χ0n) is 11.2. The van der Waals surface area contributed by atoms with E-state index in [1.54, 1.807) is 6.07 Å². The molecule has 0 heterocycles. The number of methoxy groups -OCH3 is 1. The van der Waals surface area contributed by atoms with Crippen molar-refractivity contribution in [2.24, 2.45) is 0 Å². The molecule has 0 saturated carbocycles. The third-order valence-electron chi connectivity index (χ3n) is 2.51. The average Bonchev–Trinajstić information content (AvgIpc) is 2.40. The Labute approximate surface area is 145 Å². The van der Waals surface area contributed by atoms with E-state index in [1.807, 2.05) is 0 Å². The molecule has 9 heteroatoms. The van der Waals surface area contributed by atoms with E-state index in [9.17, 15) is 13.2 Å². The highest BCUT2D eigenvalue weighted by molar-refractivity contribution is 9.11. The van der Waals surface area contributed by atoms with Crippen molar-refractivity contribution in [3.8, 4) is 0 Å². The van der Waals surface area contributed by atoms with Crippen LogP contribution in [0.2, 0.25) is 0 Å². The first kappa shape index (κ1) is 18.7. The number of nitrogens with one attached hydrogen (secondary N) is 1. The van der Waals surface area contributed by atoms with Crippen molar-refractivity contribution in [2.75, 3.05) is 23.5 Å². The number of carbonyl (C=O) groups excluding carboxylic acids is 1. The van der Waals surface area contributed by atoms with Crippen molar-refractivity contribution in [3.05, 3.63) is 26.6 Å². The minimum Gasteiger partial charge on any atom is -0.465 e. The maximum Gasteiger partial charge on any atom is 0.340 e. The van der Waals surface area contributed by atoms with Crippen molar-refractivity contribution in [2.45, 2.75) is 12.8 Å². The van der Waals surface area contributed by atoms with Crippen LogP contribution >= 0.6 is 43.5 Å². The summed E-state index contributed by atoms with van der Waals surface area (Å²) in [7, 11) is -2.34. The molecule has 0 saturated heterocycles. The Morgan fingerprint density at radius 2 is 2.00 bits per heavy atom. The van der Waals surface area contributed by atoms with Gasteiger partial charge in [0.15, 0.2) is 0 Å². The number of benzene rings is 1. The lowest BCUT2D eigenvalue weighted by atomic mass is 10.2. The lowest BCUT2D eigenvalue weighted by Crippen LogP contribution is -2.19. The van der Waals surface area contributed by atoms with Gasteiger partial charge in [0.2, 0.25) is 10.0 Å². The highest BCUT2D eigenvalue weighted by atomic mass is 79.9. The normalized spacial score (nSPS) is 11.2. The van der Waals surface area contributed by atoms with E-state index >= 15 is 0 Å². The molecule has 1 rings (SSSR count).